The second-order valence-corrected chi connectivity index (χ2v) is 4.20. The van der Waals surface area contributed by atoms with Gasteiger partial charge in [-0.05, 0) is 5.92 Å². The molecular formula is C11H14F3NO4. The molecule has 0 fully saturated rings. The summed E-state index contributed by atoms with van der Waals surface area (Å²) in [5.41, 5.74) is 0.276. The first-order chi connectivity index (χ1) is 8.70. The van der Waals surface area contributed by atoms with E-state index in [1.54, 1.807) is 13.8 Å². The SMILES string of the molecule is CC(C)c1nc(CCOCC(F)(F)F)oc1C(=O)O. The minimum absolute atomic E-state index is 0.0108. The summed E-state index contributed by atoms with van der Waals surface area (Å²) in [6.07, 6.45) is -4.39. The van der Waals surface area contributed by atoms with E-state index in [4.69, 9.17) is 9.52 Å². The van der Waals surface area contributed by atoms with Crippen molar-refractivity contribution in [3.8, 4) is 0 Å². The Hall–Kier alpha value is -1.57. The van der Waals surface area contributed by atoms with Gasteiger partial charge in [-0.1, -0.05) is 13.8 Å². The van der Waals surface area contributed by atoms with E-state index in [9.17, 15) is 18.0 Å². The van der Waals surface area contributed by atoms with Gasteiger partial charge in [0.2, 0.25) is 5.76 Å². The fourth-order valence-corrected chi connectivity index (χ4v) is 1.38. The smallest absolute Gasteiger partial charge is 0.411 e. The number of carbonyl (C=O) groups is 1. The number of alkyl halides is 3. The van der Waals surface area contributed by atoms with E-state index in [1.807, 2.05) is 0 Å². The van der Waals surface area contributed by atoms with Gasteiger partial charge in [-0.2, -0.15) is 13.2 Å². The van der Waals surface area contributed by atoms with E-state index in [0.717, 1.165) is 0 Å². The molecule has 0 aliphatic rings. The van der Waals surface area contributed by atoms with Crippen LogP contribution in [-0.4, -0.2) is 35.4 Å². The molecule has 0 bridgehead atoms. The molecule has 0 atom stereocenters. The fourth-order valence-electron chi connectivity index (χ4n) is 1.38. The highest BCUT2D eigenvalue weighted by molar-refractivity contribution is 5.85. The van der Waals surface area contributed by atoms with Crippen molar-refractivity contribution < 1.29 is 32.2 Å². The lowest BCUT2D eigenvalue weighted by Crippen LogP contribution is -2.18. The Kier molecular flexibility index (Phi) is 4.93. The normalized spacial score (nSPS) is 12.1. The molecule has 0 amide bonds. The van der Waals surface area contributed by atoms with Gasteiger partial charge in [-0.3, -0.25) is 0 Å². The monoisotopic (exact) mass is 281 g/mol. The first kappa shape index (κ1) is 15.5. The zero-order valence-electron chi connectivity index (χ0n) is 10.5. The molecule has 19 heavy (non-hydrogen) atoms. The third-order valence-corrected chi connectivity index (χ3v) is 2.16. The van der Waals surface area contributed by atoms with Crippen LogP contribution in [0.25, 0.3) is 0 Å². The number of aromatic carboxylic acids is 1. The molecule has 0 aliphatic carbocycles. The molecule has 0 radical (unpaired) electrons. The van der Waals surface area contributed by atoms with E-state index < -0.39 is 18.8 Å². The number of hydrogen-bond donors (Lipinski definition) is 1. The van der Waals surface area contributed by atoms with E-state index in [1.165, 1.54) is 0 Å². The number of halogens is 3. The molecule has 0 aliphatic heterocycles. The zero-order valence-corrected chi connectivity index (χ0v) is 10.5. The van der Waals surface area contributed by atoms with Gasteiger partial charge < -0.3 is 14.3 Å². The van der Waals surface area contributed by atoms with Gasteiger partial charge in [0.05, 0.1) is 12.3 Å². The molecule has 1 heterocycles. The maximum atomic E-state index is 11.8. The summed E-state index contributed by atoms with van der Waals surface area (Å²) in [4.78, 5) is 14.8. The van der Waals surface area contributed by atoms with Crippen molar-refractivity contribution in [2.45, 2.75) is 32.4 Å². The van der Waals surface area contributed by atoms with Gasteiger partial charge in [0, 0.05) is 6.42 Å². The van der Waals surface area contributed by atoms with E-state index in [0.29, 0.717) is 0 Å². The number of ether oxygens (including phenoxy) is 1. The minimum atomic E-state index is -4.38. The molecule has 1 aromatic rings. The van der Waals surface area contributed by atoms with Crippen LogP contribution in [0.2, 0.25) is 0 Å². The summed E-state index contributed by atoms with van der Waals surface area (Å²) in [7, 11) is 0. The number of carboxylic acid groups (broad SMARTS) is 1. The molecule has 1 aromatic heterocycles. The van der Waals surface area contributed by atoms with Crippen LogP contribution in [0.4, 0.5) is 13.2 Å². The average Bonchev–Trinajstić information content (AvgIpc) is 2.67. The van der Waals surface area contributed by atoms with E-state index in [-0.39, 0.29) is 36.3 Å². The summed E-state index contributed by atoms with van der Waals surface area (Å²) in [6, 6.07) is 0. The van der Waals surface area contributed by atoms with Crippen molar-refractivity contribution in [3.05, 3.63) is 17.3 Å². The predicted octanol–water partition coefficient (Wildman–Crippen LogP) is 2.62. The van der Waals surface area contributed by atoms with Gasteiger partial charge >= 0.3 is 12.1 Å². The number of nitrogens with zero attached hydrogens (tertiary/aromatic N) is 1. The molecular weight excluding hydrogens is 267 g/mol. The Balaban J connectivity index is 2.60. The third-order valence-electron chi connectivity index (χ3n) is 2.16. The number of aromatic nitrogens is 1. The van der Waals surface area contributed by atoms with Gasteiger partial charge in [0.25, 0.3) is 0 Å². The van der Waals surface area contributed by atoms with Gasteiger partial charge in [-0.25, -0.2) is 9.78 Å². The van der Waals surface area contributed by atoms with Crippen molar-refractivity contribution in [1.29, 1.82) is 0 Å². The Morgan fingerprint density at radius 1 is 1.47 bits per heavy atom. The van der Waals surface area contributed by atoms with Crippen molar-refractivity contribution in [2.75, 3.05) is 13.2 Å². The van der Waals surface area contributed by atoms with Gasteiger partial charge in [0.15, 0.2) is 5.89 Å². The maximum absolute atomic E-state index is 11.8. The molecule has 1 rings (SSSR count). The summed E-state index contributed by atoms with van der Waals surface area (Å²) in [5.74, 6) is -1.62. The molecule has 0 saturated heterocycles. The summed E-state index contributed by atoms with van der Waals surface area (Å²) >= 11 is 0. The maximum Gasteiger partial charge on any atom is 0.411 e. The first-order valence-corrected chi connectivity index (χ1v) is 5.58. The zero-order chi connectivity index (χ0) is 14.6. The topological polar surface area (TPSA) is 72.6 Å². The average molecular weight is 281 g/mol. The van der Waals surface area contributed by atoms with E-state index in [2.05, 4.69) is 9.72 Å². The molecule has 5 nitrogen and oxygen atoms in total. The summed E-state index contributed by atoms with van der Waals surface area (Å²) < 4.78 is 44.9. The third kappa shape index (κ3) is 4.90. The molecule has 0 aromatic carbocycles. The Morgan fingerprint density at radius 3 is 2.53 bits per heavy atom. The van der Waals surface area contributed by atoms with Crippen molar-refractivity contribution >= 4 is 5.97 Å². The van der Waals surface area contributed by atoms with Gasteiger partial charge in [0.1, 0.15) is 6.61 Å². The van der Waals surface area contributed by atoms with Crippen molar-refractivity contribution in [3.63, 3.8) is 0 Å². The number of rotatable bonds is 6. The number of hydrogen-bond acceptors (Lipinski definition) is 4. The van der Waals surface area contributed by atoms with Crippen molar-refractivity contribution in [1.82, 2.24) is 4.98 Å². The van der Waals surface area contributed by atoms with Crippen LogP contribution < -0.4 is 0 Å². The lowest BCUT2D eigenvalue weighted by molar-refractivity contribution is -0.173. The molecule has 1 N–H and O–H groups in total. The van der Waals surface area contributed by atoms with Crippen LogP contribution in [0.15, 0.2) is 4.42 Å². The second-order valence-electron chi connectivity index (χ2n) is 4.20. The largest absolute Gasteiger partial charge is 0.475 e. The highest BCUT2D eigenvalue weighted by Crippen LogP contribution is 2.20. The highest BCUT2D eigenvalue weighted by Gasteiger charge is 2.27. The lowest BCUT2D eigenvalue weighted by atomic mass is 10.1. The molecule has 0 saturated carbocycles. The molecule has 0 spiro atoms. The second kappa shape index (κ2) is 6.05. The summed E-state index contributed by atoms with van der Waals surface area (Å²) in [6.45, 7) is 1.90. The molecule has 0 unspecified atom stereocenters. The molecule has 108 valence electrons. The van der Waals surface area contributed by atoms with Gasteiger partial charge in [-0.15, -0.1) is 0 Å². The Morgan fingerprint density at radius 2 is 2.11 bits per heavy atom. The molecule has 8 heteroatoms. The minimum Gasteiger partial charge on any atom is -0.475 e. The van der Waals surface area contributed by atoms with Crippen LogP contribution in [-0.2, 0) is 11.2 Å². The van der Waals surface area contributed by atoms with Crippen LogP contribution in [0.1, 0.15) is 41.9 Å². The van der Waals surface area contributed by atoms with Crippen LogP contribution in [0.3, 0.4) is 0 Å². The Labute approximate surface area is 107 Å². The number of oxazole rings is 1. The lowest BCUT2D eigenvalue weighted by Gasteiger charge is -2.05. The number of carboxylic acids is 1. The predicted molar refractivity (Wildman–Crippen MR) is 58.1 cm³/mol. The van der Waals surface area contributed by atoms with Crippen molar-refractivity contribution in [2.24, 2.45) is 0 Å². The quantitative estimate of drug-likeness (QED) is 0.811. The standard InChI is InChI=1S/C11H14F3NO4/c1-6(2)8-9(10(16)17)19-7(15-8)3-4-18-5-11(12,13)14/h6H,3-5H2,1-2H3,(H,16,17). The summed E-state index contributed by atoms with van der Waals surface area (Å²) in [5, 5.41) is 8.89. The van der Waals surface area contributed by atoms with Crippen LogP contribution in [0.5, 0.6) is 0 Å². The van der Waals surface area contributed by atoms with Crippen LogP contribution >= 0.6 is 0 Å². The Bertz CT molecular complexity index is 440. The van der Waals surface area contributed by atoms with Crippen LogP contribution in [0, 0.1) is 0 Å². The first-order valence-electron chi connectivity index (χ1n) is 5.58. The van der Waals surface area contributed by atoms with E-state index >= 15 is 0 Å². The fraction of sp³-hybridized carbons (Fsp3) is 0.636. The highest BCUT2D eigenvalue weighted by atomic mass is 19.4.